The molecule has 2 heterocycles. The number of nitrogens with zero attached hydrogens (tertiary/aromatic N) is 1. The Labute approximate surface area is 146 Å². The van der Waals surface area contributed by atoms with Crippen LogP contribution < -0.4 is 25.3 Å². The van der Waals surface area contributed by atoms with Gasteiger partial charge in [0.05, 0.1) is 0 Å². The maximum atomic E-state index is 14.8. The molecule has 0 radical (unpaired) electrons. The summed E-state index contributed by atoms with van der Waals surface area (Å²) in [7, 11) is 0. The molecule has 0 bridgehead atoms. The van der Waals surface area contributed by atoms with E-state index in [0.29, 0.717) is 24.2 Å². The normalized spacial score (nSPS) is 29.6. The molecule has 0 aromatic heterocycles. The van der Waals surface area contributed by atoms with E-state index in [1.807, 2.05) is 6.92 Å². The molecule has 7 heteroatoms. The van der Waals surface area contributed by atoms with Crippen LogP contribution in [0.2, 0.25) is 0 Å². The number of amides is 1. The van der Waals surface area contributed by atoms with E-state index in [9.17, 15) is 10.5 Å². The molecule has 1 aromatic rings. The van der Waals surface area contributed by atoms with E-state index in [-0.39, 0.29) is 6.54 Å². The number of alkyl halides is 2. The summed E-state index contributed by atoms with van der Waals surface area (Å²) in [5, 5.41) is 0. The van der Waals surface area contributed by atoms with Gasteiger partial charge in [0.2, 0.25) is 0 Å². The summed E-state index contributed by atoms with van der Waals surface area (Å²) in [4.78, 5) is 13.6. The fourth-order valence-corrected chi connectivity index (χ4v) is 10.8. The Morgan fingerprint density at radius 1 is 1.42 bits per heavy atom. The second-order valence-electron chi connectivity index (χ2n) is 7.55. The van der Waals surface area contributed by atoms with E-state index < -0.39 is 38.6 Å². The summed E-state index contributed by atoms with van der Waals surface area (Å²) >= 11 is -4.90. The average molecular weight is 453 g/mol. The molecular weight excluding hydrogens is 429 g/mol. The number of fused-ring (bicyclic) bond motifs is 1. The third kappa shape index (κ3) is 2.64. The SMILES string of the molecule is Cc1cc([C@]23CCN(C(=O)OC(C)(C)C)C[C@H]2[I-]3(F)F)ccc1N. The van der Waals surface area contributed by atoms with Crippen molar-refractivity contribution in [3.8, 4) is 0 Å². The first kappa shape index (κ1) is 17.7. The predicted molar refractivity (Wildman–Crippen MR) is 85.7 cm³/mol. The Morgan fingerprint density at radius 3 is 2.62 bits per heavy atom. The van der Waals surface area contributed by atoms with Crippen LogP contribution in [0.15, 0.2) is 18.2 Å². The van der Waals surface area contributed by atoms with E-state index >= 15 is 0 Å². The minimum atomic E-state index is -4.90. The van der Waals surface area contributed by atoms with Crippen LogP contribution in [-0.2, 0) is 8.16 Å². The molecule has 4 nitrogen and oxygen atoms in total. The van der Waals surface area contributed by atoms with Crippen molar-refractivity contribution in [2.45, 2.75) is 47.1 Å². The monoisotopic (exact) mass is 453 g/mol. The topological polar surface area (TPSA) is 55.6 Å². The van der Waals surface area contributed by atoms with E-state index in [4.69, 9.17) is 10.5 Å². The first-order valence-electron chi connectivity index (χ1n) is 7.99. The number of halogens is 3. The second kappa shape index (κ2) is 5.44. The number of piperidine rings is 1. The number of aryl methyl sites for hydroxylation is 1. The van der Waals surface area contributed by atoms with Crippen molar-refractivity contribution < 1.29 is 34.8 Å². The van der Waals surface area contributed by atoms with Crippen LogP contribution >= 0.6 is 0 Å². The second-order valence-corrected chi connectivity index (χ2v) is 13.7. The summed E-state index contributed by atoms with van der Waals surface area (Å²) in [6, 6.07) is 5.25. The van der Waals surface area contributed by atoms with Gasteiger partial charge < -0.3 is 0 Å². The number of hydrogen-bond donors (Lipinski definition) is 1. The zero-order chi connectivity index (χ0) is 17.9. The third-order valence-corrected chi connectivity index (χ3v) is 11.9. The van der Waals surface area contributed by atoms with Gasteiger partial charge in [-0.25, -0.2) is 0 Å². The minimum absolute atomic E-state index is 0.0992. The first-order chi connectivity index (χ1) is 11.0. The summed E-state index contributed by atoms with van der Waals surface area (Å²) in [6.45, 7) is 7.58. The Hall–Kier alpha value is -1.12. The van der Waals surface area contributed by atoms with Gasteiger partial charge >= 0.3 is 147 Å². The van der Waals surface area contributed by atoms with Gasteiger partial charge in [0.15, 0.2) is 0 Å². The Morgan fingerprint density at radius 2 is 2.08 bits per heavy atom. The number of nitrogens with two attached hydrogens (primary N) is 1. The summed E-state index contributed by atoms with van der Waals surface area (Å²) in [5.74, 6) is 0. The molecule has 24 heavy (non-hydrogen) atoms. The summed E-state index contributed by atoms with van der Waals surface area (Å²) in [6.07, 6.45) is -0.183. The first-order valence-corrected chi connectivity index (χ1v) is 11.9. The number of hydrogen-bond acceptors (Lipinski definition) is 3. The van der Waals surface area contributed by atoms with Gasteiger partial charge in [0, 0.05) is 0 Å². The molecule has 0 unspecified atom stereocenters. The van der Waals surface area contributed by atoms with Crippen LogP contribution in [0.5, 0.6) is 0 Å². The number of carbonyl (C=O) groups is 1. The molecule has 2 N–H and O–H groups in total. The molecule has 1 amide bonds. The van der Waals surface area contributed by atoms with Crippen molar-refractivity contribution in [1.82, 2.24) is 4.90 Å². The molecule has 2 saturated heterocycles. The van der Waals surface area contributed by atoms with Gasteiger partial charge in [-0.3, -0.25) is 0 Å². The molecule has 2 atom stereocenters. The van der Waals surface area contributed by atoms with Gasteiger partial charge in [-0.05, 0) is 0 Å². The molecule has 3 rings (SSSR count). The van der Waals surface area contributed by atoms with Gasteiger partial charge in [-0.2, -0.15) is 0 Å². The van der Waals surface area contributed by atoms with Crippen molar-refractivity contribution in [3.63, 3.8) is 0 Å². The van der Waals surface area contributed by atoms with Crippen LogP contribution in [-0.4, -0.2) is 33.6 Å². The van der Waals surface area contributed by atoms with Gasteiger partial charge in [-0.15, -0.1) is 0 Å². The predicted octanol–water partition coefficient (Wildman–Crippen LogP) is 0.725. The number of rotatable bonds is 1. The third-order valence-electron chi connectivity index (χ3n) is 4.75. The van der Waals surface area contributed by atoms with Crippen molar-refractivity contribution in [2.24, 2.45) is 0 Å². The Balaban J connectivity index is 1.82. The molecule has 0 saturated carbocycles. The number of carbonyl (C=O) groups excluding carboxylic acids is 1. The fourth-order valence-electron chi connectivity index (χ4n) is 3.39. The van der Waals surface area contributed by atoms with E-state index in [1.54, 1.807) is 39.0 Å². The van der Waals surface area contributed by atoms with E-state index in [2.05, 4.69) is 0 Å². The molecule has 0 spiro atoms. The molecule has 2 fully saturated rings. The molecule has 2 aliphatic heterocycles. The average Bonchev–Trinajstić information content (AvgIpc) is 2.97. The molecule has 136 valence electrons. The van der Waals surface area contributed by atoms with E-state index in [0.717, 1.165) is 5.56 Å². The van der Waals surface area contributed by atoms with Crippen LogP contribution in [0, 0.1) is 6.92 Å². The number of nitrogen functional groups attached to an aromatic ring is 1. The van der Waals surface area contributed by atoms with E-state index in [1.165, 1.54) is 4.90 Å². The Kier molecular flexibility index (Phi) is 4.01. The number of anilines is 1. The van der Waals surface area contributed by atoms with Crippen LogP contribution in [0.25, 0.3) is 0 Å². The molecule has 0 aliphatic carbocycles. The molecular formula is C17H24F2IN2O2-. The quantitative estimate of drug-likeness (QED) is 0.388. The van der Waals surface area contributed by atoms with Crippen molar-refractivity contribution in [2.75, 3.05) is 18.8 Å². The summed E-state index contributed by atoms with van der Waals surface area (Å²) in [5.41, 5.74) is 7.35. The zero-order valence-electron chi connectivity index (χ0n) is 14.4. The number of ether oxygens (including phenoxy) is 1. The number of benzene rings is 1. The molecule has 1 aromatic carbocycles. The van der Waals surface area contributed by atoms with Crippen LogP contribution in [0.4, 0.5) is 16.2 Å². The zero-order valence-corrected chi connectivity index (χ0v) is 16.6. The summed E-state index contributed by atoms with van der Waals surface area (Å²) < 4.78 is 33.3. The van der Waals surface area contributed by atoms with Gasteiger partial charge in [0.25, 0.3) is 0 Å². The van der Waals surface area contributed by atoms with Crippen molar-refractivity contribution in [1.29, 1.82) is 0 Å². The van der Waals surface area contributed by atoms with Crippen molar-refractivity contribution in [3.05, 3.63) is 29.3 Å². The molecule has 2 aliphatic rings. The van der Waals surface area contributed by atoms with Gasteiger partial charge in [0.1, 0.15) is 0 Å². The van der Waals surface area contributed by atoms with Crippen LogP contribution in [0.1, 0.15) is 38.3 Å². The fraction of sp³-hybridized carbons (Fsp3) is 0.588. The van der Waals surface area contributed by atoms with Crippen molar-refractivity contribution >= 4 is 11.8 Å². The van der Waals surface area contributed by atoms with Crippen LogP contribution in [0.3, 0.4) is 0 Å². The number of likely N-dealkylation sites (tertiary alicyclic amines) is 1. The van der Waals surface area contributed by atoms with Gasteiger partial charge in [-0.1, -0.05) is 0 Å². The maximum absolute atomic E-state index is 14.8. The Bertz CT molecular complexity index is 690. The standard InChI is InChI=1S/C17H24F2IN2O2/c1-11-9-12(5-6-13(11)21)17-7-8-22(10-14(17)20(17,18)19)15(23)24-16(2,3)4/h5-6,9,14H,7-8,10,21H2,1-4H3/q-1/t14-,17-/m1/s1.